The lowest BCUT2D eigenvalue weighted by Gasteiger charge is -2.21. The number of nitrogens with zero attached hydrogens (tertiary/aromatic N) is 4. The van der Waals surface area contributed by atoms with Crippen molar-refractivity contribution in [1.82, 2.24) is 20.2 Å². The summed E-state index contributed by atoms with van der Waals surface area (Å²) in [6.07, 6.45) is 1.90. The van der Waals surface area contributed by atoms with Gasteiger partial charge in [-0.25, -0.2) is 4.68 Å². The van der Waals surface area contributed by atoms with Crippen molar-refractivity contribution in [3.63, 3.8) is 0 Å². The van der Waals surface area contributed by atoms with Crippen molar-refractivity contribution in [3.8, 4) is 5.75 Å². The molecule has 118 valence electrons. The van der Waals surface area contributed by atoms with Crippen LogP contribution in [0.15, 0.2) is 18.2 Å². The van der Waals surface area contributed by atoms with Crippen LogP contribution in [0, 0.1) is 0 Å². The van der Waals surface area contributed by atoms with Gasteiger partial charge in [-0.1, -0.05) is 23.2 Å². The summed E-state index contributed by atoms with van der Waals surface area (Å²) >= 11 is 11.9. The van der Waals surface area contributed by atoms with E-state index in [0.29, 0.717) is 34.9 Å². The summed E-state index contributed by atoms with van der Waals surface area (Å²) in [5, 5.41) is 13.0. The van der Waals surface area contributed by atoms with E-state index in [0.717, 1.165) is 31.9 Å². The van der Waals surface area contributed by atoms with E-state index >= 15 is 0 Å². The molecule has 6 nitrogen and oxygen atoms in total. The Morgan fingerprint density at radius 2 is 2.09 bits per heavy atom. The summed E-state index contributed by atoms with van der Waals surface area (Å²) in [6.45, 7) is 2.52. The SMILES string of the molecule is Clc1ccc(OCCn2nnnc2C2CCOCC2)c(Cl)c1. The Morgan fingerprint density at radius 1 is 1.27 bits per heavy atom. The molecule has 0 atom stereocenters. The molecule has 0 saturated carbocycles. The lowest BCUT2D eigenvalue weighted by Crippen LogP contribution is -2.20. The number of ether oxygens (including phenoxy) is 2. The van der Waals surface area contributed by atoms with Gasteiger partial charge in [-0.05, 0) is 41.5 Å². The van der Waals surface area contributed by atoms with Gasteiger partial charge in [0.25, 0.3) is 0 Å². The molecule has 0 amide bonds. The summed E-state index contributed by atoms with van der Waals surface area (Å²) < 4.78 is 12.8. The fraction of sp³-hybridized carbons (Fsp3) is 0.500. The number of hydrogen-bond donors (Lipinski definition) is 0. The molecular formula is C14H16Cl2N4O2. The minimum absolute atomic E-state index is 0.350. The van der Waals surface area contributed by atoms with Gasteiger partial charge in [0, 0.05) is 24.2 Å². The first-order valence-electron chi connectivity index (χ1n) is 7.15. The van der Waals surface area contributed by atoms with E-state index in [-0.39, 0.29) is 0 Å². The first-order chi connectivity index (χ1) is 10.7. The molecule has 1 aliphatic rings. The van der Waals surface area contributed by atoms with Crippen LogP contribution >= 0.6 is 23.2 Å². The van der Waals surface area contributed by atoms with E-state index in [1.807, 2.05) is 0 Å². The molecule has 22 heavy (non-hydrogen) atoms. The van der Waals surface area contributed by atoms with Gasteiger partial charge in [-0.2, -0.15) is 0 Å². The van der Waals surface area contributed by atoms with Crippen molar-refractivity contribution in [3.05, 3.63) is 34.1 Å². The van der Waals surface area contributed by atoms with Gasteiger partial charge in [0.1, 0.15) is 12.4 Å². The number of aromatic nitrogens is 4. The fourth-order valence-electron chi connectivity index (χ4n) is 2.45. The smallest absolute Gasteiger partial charge is 0.154 e. The highest BCUT2D eigenvalue weighted by Gasteiger charge is 2.21. The predicted octanol–water partition coefficient (Wildman–Crippen LogP) is 2.95. The Bertz CT molecular complexity index is 629. The molecule has 0 spiro atoms. The summed E-state index contributed by atoms with van der Waals surface area (Å²) in [7, 11) is 0. The van der Waals surface area contributed by atoms with Crippen LogP contribution in [0.3, 0.4) is 0 Å². The first-order valence-corrected chi connectivity index (χ1v) is 7.91. The lowest BCUT2D eigenvalue weighted by molar-refractivity contribution is 0.0823. The van der Waals surface area contributed by atoms with Crippen LogP contribution in [0.4, 0.5) is 0 Å². The zero-order valence-corrected chi connectivity index (χ0v) is 13.4. The highest BCUT2D eigenvalue weighted by Crippen LogP contribution is 2.28. The second-order valence-electron chi connectivity index (χ2n) is 5.07. The van der Waals surface area contributed by atoms with Crippen LogP contribution in [0.2, 0.25) is 10.0 Å². The molecule has 2 heterocycles. The molecule has 0 N–H and O–H groups in total. The quantitative estimate of drug-likeness (QED) is 0.835. The average Bonchev–Trinajstić information content (AvgIpc) is 2.99. The Hall–Kier alpha value is -1.37. The number of halogens is 2. The van der Waals surface area contributed by atoms with Crippen LogP contribution in [0.1, 0.15) is 24.6 Å². The van der Waals surface area contributed by atoms with Crippen LogP contribution in [-0.4, -0.2) is 40.0 Å². The van der Waals surface area contributed by atoms with E-state index in [9.17, 15) is 0 Å². The van der Waals surface area contributed by atoms with E-state index in [1.54, 1.807) is 22.9 Å². The highest BCUT2D eigenvalue weighted by atomic mass is 35.5. The van der Waals surface area contributed by atoms with Gasteiger partial charge < -0.3 is 9.47 Å². The molecule has 0 radical (unpaired) electrons. The molecular weight excluding hydrogens is 327 g/mol. The monoisotopic (exact) mass is 342 g/mol. The van der Waals surface area contributed by atoms with Gasteiger partial charge in [0.05, 0.1) is 11.6 Å². The van der Waals surface area contributed by atoms with Crippen molar-refractivity contribution < 1.29 is 9.47 Å². The van der Waals surface area contributed by atoms with E-state index in [2.05, 4.69) is 15.5 Å². The normalized spacial score (nSPS) is 15.9. The van der Waals surface area contributed by atoms with E-state index < -0.39 is 0 Å². The van der Waals surface area contributed by atoms with Crippen molar-refractivity contribution >= 4 is 23.2 Å². The first kappa shape index (κ1) is 15.5. The molecule has 8 heteroatoms. The molecule has 1 saturated heterocycles. The van der Waals surface area contributed by atoms with Gasteiger partial charge in [-0.15, -0.1) is 5.10 Å². The minimum atomic E-state index is 0.350. The molecule has 0 unspecified atom stereocenters. The van der Waals surface area contributed by atoms with Crippen molar-refractivity contribution in [1.29, 1.82) is 0 Å². The zero-order valence-electron chi connectivity index (χ0n) is 11.9. The van der Waals surface area contributed by atoms with Gasteiger partial charge in [0.15, 0.2) is 5.82 Å². The number of benzene rings is 1. The number of rotatable bonds is 5. The molecule has 1 aromatic carbocycles. The third kappa shape index (κ3) is 3.69. The number of hydrogen-bond acceptors (Lipinski definition) is 5. The zero-order chi connectivity index (χ0) is 15.4. The number of tetrazole rings is 1. The van der Waals surface area contributed by atoms with Crippen molar-refractivity contribution in [2.24, 2.45) is 0 Å². The second-order valence-corrected chi connectivity index (χ2v) is 5.91. The highest BCUT2D eigenvalue weighted by molar-refractivity contribution is 6.35. The molecule has 1 aromatic heterocycles. The van der Waals surface area contributed by atoms with Crippen LogP contribution < -0.4 is 4.74 Å². The van der Waals surface area contributed by atoms with Gasteiger partial charge in [-0.3, -0.25) is 0 Å². The molecule has 1 aliphatic heterocycles. The van der Waals surface area contributed by atoms with Crippen LogP contribution in [-0.2, 0) is 11.3 Å². The maximum Gasteiger partial charge on any atom is 0.154 e. The largest absolute Gasteiger partial charge is 0.490 e. The average molecular weight is 343 g/mol. The molecule has 3 rings (SSSR count). The molecule has 2 aromatic rings. The maximum absolute atomic E-state index is 6.07. The summed E-state index contributed by atoms with van der Waals surface area (Å²) in [6, 6.07) is 5.15. The Balaban J connectivity index is 1.59. The fourth-order valence-corrected chi connectivity index (χ4v) is 2.92. The Kier molecular flexibility index (Phi) is 5.12. The molecule has 1 fully saturated rings. The predicted molar refractivity (Wildman–Crippen MR) is 82.6 cm³/mol. The van der Waals surface area contributed by atoms with E-state index in [4.69, 9.17) is 32.7 Å². The van der Waals surface area contributed by atoms with E-state index in [1.165, 1.54) is 0 Å². The minimum Gasteiger partial charge on any atom is -0.490 e. The van der Waals surface area contributed by atoms with Crippen molar-refractivity contribution in [2.45, 2.75) is 25.3 Å². The standard InChI is InChI=1S/C14H16Cl2N4O2/c15-11-1-2-13(12(16)9-11)22-8-5-20-14(17-18-19-20)10-3-6-21-7-4-10/h1-2,9-10H,3-8H2. The summed E-state index contributed by atoms with van der Waals surface area (Å²) in [5.74, 6) is 1.85. The van der Waals surface area contributed by atoms with Crippen molar-refractivity contribution in [2.75, 3.05) is 19.8 Å². The Labute approximate surface area is 138 Å². The third-order valence-electron chi connectivity index (χ3n) is 3.60. The maximum atomic E-state index is 6.07. The summed E-state index contributed by atoms with van der Waals surface area (Å²) in [5.41, 5.74) is 0. The molecule has 0 aliphatic carbocycles. The topological polar surface area (TPSA) is 62.1 Å². The summed E-state index contributed by atoms with van der Waals surface area (Å²) in [4.78, 5) is 0. The molecule has 0 bridgehead atoms. The lowest BCUT2D eigenvalue weighted by atomic mass is 10.00. The second kappa shape index (κ2) is 7.26. The van der Waals surface area contributed by atoms with Crippen LogP contribution in [0.5, 0.6) is 5.75 Å². The van der Waals surface area contributed by atoms with Crippen LogP contribution in [0.25, 0.3) is 0 Å². The third-order valence-corrected chi connectivity index (χ3v) is 4.13. The van der Waals surface area contributed by atoms with Gasteiger partial charge >= 0.3 is 0 Å². The van der Waals surface area contributed by atoms with Gasteiger partial charge in [0.2, 0.25) is 0 Å². The Morgan fingerprint density at radius 3 is 2.86 bits per heavy atom.